The fourth-order valence-electron chi connectivity index (χ4n) is 3.74. The van der Waals surface area contributed by atoms with E-state index in [0.717, 1.165) is 12.5 Å². The van der Waals surface area contributed by atoms with Crippen molar-refractivity contribution in [3.05, 3.63) is 35.4 Å². The molecule has 146 valence electrons. The summed E-state index contributed by atoms with van der Waals surface area (Å²) in [5, 5.41) is 6.81. The first kappa shape index (κ1) is 20.7. The second-order valence-corrected chi connectivity index (χ2v) is 10.0. The third-order valence-corrected chi connectivity index (χ3v) is 6.29. The molecule has 1 unspecified atom stereocenters. The number of guanidine groups is 1. The Hall–Kier alpha value is -1.56. The number of aryl methyl sites for hydroxylation is 1. The summed E-state index contributed by atoms with van der Waals surface area (Å²) in [6.45, 7) is 4.97. The standard InChI is InChI=1S/C20H33N3O2S/c1-16-8-7-9-18(14-16)20(11-5-6-12-20)15-22-19(21-3)23-17(2)10-13-26(4,24)25/h7-9,14,17H,5-6,10-13,15H2,1-4H3,(H2,21,22,23). The molecule has 1 saturated carbocycles. The highest BCUT2D eigenvalue weighted by Gasteiger charge is 2.35. The van der Waals surface area contributed by atoms with Crippen LogP contribution in [0.4, 0.5) is 0 Å². The van der Waals surface area contributed by atoms with Crippen LogP contribution in [0.1, 0.15) is 50.2 Å². The van der Waals surface area contributed by atoms with Crippen molar-refractivity contribution < 1.29 is 8.42 Å². The van der Waals surface area contributed by atoms with E-state index in [1.807, 2.05) is 6.92 Å². The molecule has 5 nitrogen and oxygen atoms in total. The van der Waals surface area contributed by atoms with Crippen LogP contribution >= 0.6 is 0 Å². The topological polar surface area (TPSA) is 70.6 Å². The minimum atomic E-state index is -2.94. The molecule has 0 aromatic heterocycles. The van der Waals surface area contributed by atoms with Gasteiger partial charge in [0, 0.05) is 31.3 Å². The molecule has 0 spiro atoms. The van der Waals surface area contributed by atoms with Crippen LogP contribution in [0.25, 0.3) is 0 Å². The van der Waals surface area contributed by atoms with Gasteiger partial charge in [-0.2, -0.15) is 0 Å². The fourth-order valence-corrected chi connectivity index (χ4v) is 4.52. The summed E-state index contributed by atoms with van der Waals surface area (Å²) in [4.78, 5) is 4.32. The molecule has 0 heterocycles. The van der Waals surface area contributed by atoms with Crippen LogP contribution in [-0.2, 0) is 15.3 Å². The van der Waals surface area contributed by atoms with Crippen molar-refractivity contribution in [1.82, 2.24) is 10.6 Å². The Kier molecular flexibility index (Phi) is 7.09. The molecule has 1 fully saturated rings. The summed E-state index contributed by atoms with van der Waals surface area (Å²) in [7, 11) is -1.18. The van der Waals surface area contributed by atoms with E-state index in [0.29, 0.717) is 6.42 Å². The van der Waals surface area contributed by atoms with Gasteiger partial charge in [-0.3, -0.25) is 4.99 Å². The lowest BCUT2D eigenvalue weighted by Gasteiger charge is -2.31. The lowest BCUT2D eigenvalue weighted by molar-refractivity contribution is 0.430. The van der Waals surface area contributed by atoms with E-state index < -0.39 is 9.84 Å². The number of hydrogen-bond donors (Lipinski definition) is 2. The molecule has 2 rings (SSSR count). The highest BCUT2D eigenvalue weighted by molar-refractivity contribution is 7.90. The summed E-state index contributed by atoms with van der Waals surface area (Å²) < 4.78 is 22.7. The predicted octanol–water partition coefficient (Wildman–Crippen LogP) is 2.80. The van der Waals surface area contributed by atoms with Gasteiger partial charge in [0.25, 0.3) is 0 Å². The average Bonchev–Trinajstić information content (AvgIpc) is 3.06. The minimum Gasteiger partial charge on any atom is -0.356 e. The van der Waals surface area contributed by atoms with Crippen LogP contribution in [0.5, 0.6) is 0 Å². The van der Waals surface area contributed by atoms with Crippen molar-refractivity contribution >= 4 is 15.8 Å². The van der Waals surface area contributed by atoms with Gasteiger partial charge in [0.1, 0.15) is 9.84 Å². The minimum absolute atomic E-state index is 0.0504. The van der Waals surface area contributed by atoms with Crippen LogP contribution in [0.2, 0.25) is 0 Å². The van der Waals surface area contributed by atoms with Crippen molar-refractivity contribution in [3.8, 4) is 0 Å². The molecule has 1 aromatic carbocycles. The lowest BCUT2D eigenvalue weighted by atomic mass is 9.78. The van der Waals surface area contributed by atoms with E-state index in [-0.39, 0.29) is 17.2 Å². The number of benzene rings is 1. The van der Waals surface area contributed by atoms with Crippen molar-refractivity contribution in [3.63, 3.8) is 0 Å². The molecule has 1 aliphatic carbocycles. The Morgan fingerprint density at radius 3 is 2.58 bits per heavy atom. The molecule has 26 heavy (non-hydrogen) atoms. The summed E-state index contributed by atoms with van der Waals surface area (Å²) in [5.41, 5.74) is 2.85. The fraction of sp³-hybridized carbons (Fsp3) is 0.650. The predicted molar refractivity (Wildman–Crippen MR) is 110 cm³/mol. The van der Waals surface area contributed by atoms with Crippen LogP contribution in [0.15, 0.2) is 29.3 Å². The van der Waals surface area contributed by atoms with Gasteiger partial charge in [-0.05, 0) is 38.7 Å². The molecule has 0 saturated heterocycles. The molecule has 1 aliphatic rings. The second kappa shape index (κ2) is 8.89. The number of sulfone groups is 1. The molecular formula is C20H33N3O2S. The molecule has 1 atom stereocenters. The zero-order valence-electron chi connectivity index (χ0n) is 16.5. The van der Waals surface area contributed by atoms with Crippen molar-refractivity contribution in [2.75, 3.05) is 25.6 Å². The number of nitrogens with zero attached hydrogens (tertiary/aromatic N) is 1. The Balaban J connectivity index is 1.99. The SMILES string of the molecule is CN=C(NCC1(c2cccc(C)c2)CCCC1)NC(C)CCS(C)(=O)=O. The Morgan fingerprint density at radius 2 is 2.00 bits per heavy atom. The summed E-state index contributed by atoms with van der Waals surface area (Å²) in [6.07, 6.45) is 6.73. The van der Waals surface area contributed by atoms with E-state index in [4.69, 9.17) is 0 Å². The van der Waals surface area contributed by atoms with Crippen LogP contribution in [0.3, 0.4) is 0 Å². The first-order valence-corrected chi connectivity index (χ1v) is 11.5. The summed E-state index contributed by atoms with van der Waals surface area (Å²) >= 11 is 0. The van der Waals surface area contributed by atoms with Gasteiger partial charge in [-0.1, -0.05) is 42.7 Å². The van der Waals surface area contributed by atoms with Gasteiger partial charge in [0.15, 0.2) is 5.96 Å². The largest absolute Gasteiger partial charge is 0.356 e. The van der Waals surface area contributed by atoms with E-state index in [1.165, 1.54) is 43.1 Å². The van der Waals surface area contributed by atoms with E-state index in [9.17, 15) is 8.42 Å². The molecule has 1 aromatic rings. The zero-order valence-corrected chi connectivity index (χ0v) is 17.3. The molecule has 0 bridgehead atoms. The maximum absolute atomic E-state index is 11.3. The average molecular weight is 380 g/mol. The maximum Gasteiger partial charge on any atom is 0.191 e. The number of nitrogens with one attached hydrogen (secondary N) is 2. The molecule has 0 radical (unpaired) electrons. The molecule has 2 N–H and O–H groups in total. The van der Waals surface area contributed by atoms with Gasteiger partial charge in [0.2, 0.25) is 0 Å². The van der Waals surface area contributed by atoms with Crippen molar-refractivity contribution in [1.29, 1.82) is 0 Å². The number of rotatable bonds is 7. The highest BCUT2D eigenvalue weighted by Crippen LogP contribution is 2.40. The van der Waals surface area contributed by atoms with E-state index in [1.54, 1.807) is 7.05 Å². The highest BCUT2D eigenvalue weighted by atomic mass is 32.2. The van der Waals surface area contributed by atoms with Gasteiger partial charge in [-0.25, -0.2) is 8.42 Å². The molecule has 0 aliphatic heterocycles. The lowest BCUT2D eigenvalue weighted by Crippen LogP contribution is -2.47. The Morgan fingerprint density at radius 1 is 1.31 bits per heavy atom. The molecular weight excluding hydrogens is 346 g/mol. The Bertz CT molecular complexity index is 722. The van der Waals surface area contributed by atoms with E-state index in [2.05, 4.69) is 46.8 Å². The van der Waals surface area contributed by atoms with Gasteiger partial charge >= 0.3 is 0 Å². The van der Waals surface area contributed by atoms with Crippen LogP contribution < -0.4 is 10.6 Å². The van der Waals surface area contributed by atoms with Gasteiger partial charge < -0.3 is 10.6 Å². The smallest absolute Gasteiger partial charge is 0.191 e. The molecule has 6 heteroatoms. The first-order chi connectivity index (χ1) is 12.2. The van der Waals surface area contributed by atoms with Crippen molar-refractivity contribution in [2.24, 2.45) is 4.99 Å². The third kappa shape index (κ3) is 6.01. The Labute approximate surface area is 158 Å². The quantitative estimate of drug-likeness (QED) is 0.564. The summed E-state index contributed by atoms with van der Waals surface area (Å²) in [5.74, 6) is 0.927. The summed E-state index contributed by atoms with van der Waals surface area (Å²) in [6, 6.07) is 8.88. The van der Waals surface area contributed by atoms with E-state index >= 15 is 0 Å². The normalized spacial score (nSPS) is 18.5. The third-order valence-electron chi connectivity index (χ3n) is 5.31. The monoisotopic (exact) mass is 379 g/mol. The first-order valence-electron chi connectivity index (χ1n) is 9.46. The second-order valence-electron chi connectivity index (χ2n) is 7.75. The molecule has 0 amide bonds. The van der Waals surface area contributed by atoms with Crippen molar-refractivity contribution in [2.45, 2.75) is 57.4 Å². The maximum atomic E-state index is 11.3. The van der Waals surface area contributed by atoms with Crippen LogP contribution in [-0.4, -0.2) is 46.0 Å². The van der Waals surface area contributed by atoms with Gasteiger partial charge in [0.05, 0.1) is 5.75 Å². The zero-order chi connectivity index (χ0) is 19.2. The van der Waals surface area contributed by atoms with Crippen LogP contribution in [0, 0.1) is 6.92 Å². The number of aliphatic imine (C=N–C) groups is 1. The van der Waals surface area contributed by atoms with Gasteiger partial charge in [-0.15, -0.1) is 0 Å². The number of hydrogen-bond acceptors (Lipinski definition) is 3.